The molecule has 2 rings (SSSR count). The predicted octanol–water partition coefficient (Wildman–Crippen LogP) is 3.73. The van der Waals surface area contributed by atoms with Crippen molar-refractivity contribution in [2.24, 2.45) is 5.92 Å². The molecule has 2 fully saturated rings. The summed E-state index contributed by atoms with van der Waals surface area (Å²) in [6, 6.07) is 0.559. The van der Waals surface area contributed by atoms with Crippen molar-refractivity contribution in [2.75, 3.05) is 11.9 Å². The summed E-state index contributed by atoms with van der Waals surface area (Å²) in [4.78, 5) is 14.5. The highest BCUT2D eigenvalue weighted by molar-refractivity contribution is 9.09. The van der Waals surface area contributed by atoms with Crippen molar-refractivity contribution in [1.29, 1.82) is 0 Å². The molecule has 0 spiro atoms. The quantitative estimate of drug-likeness (QED) is 0.709. The van der Waals surface area contributed by atoms with Gasteiger partial charge in [-0.3, -0.25) is 4.79 Å². The first-order chi connectivity index (χ1) is 8.31. The normalized spacial score (nSPS) is 22.2. The number of amides is 1. The Hall–Kier alpha value is -0.0500. The van der Waals surface area contributed by atoms with Crippen molar-refractivity contribution in [3.05, 3.63) is 0 Å². The predicted molar refractivity (Wildman–Crippen MR) is 74.3 cm³/mol. The zero-order valence-corrected chi connectivity index (χ0v) is 12.3. The number of rotatable bonds is 5. The van der Waals surface area contributed by atoms with Gasteiger partial charge in [0.25, 0.3) is 0 Å². The molecule has 0 bridgehead atoms. The SMILES string of the molecule is O=C(CC1CCCCC1)N(CCBr)C1CCC1. The highest BCUT2D eigenvalue weighted by Crippen LogP contribution is 2.30. The van der Waals surface area contributed by atoms with E-state index >= 15 is 0 Å². The van der Waals surface area contributed by atoms with Gasteiger partial charge in [0, 0.05) is 24.3 Å². The number of carbonyl (C=O) groups excluding carboxylic acids is 1. The molecule has 0 N–H and O–H groups in total. The highest BCUT2D eigenvalue weighted by Gasteiger charge is 2.29. The molecule has 0 radical (unpaired) electrons. The van der Waals surface area contributed by atoms with Crippen LogP contribution >= 0.6 is 15.9 Å². The lowest BCUT2D eigenvalue weighted by molar-refractivity contribution is -0.136. The molecule has 0 atom stereocenters. The number of halogens is 1. The summed E-state index contributed by atoms with van der Waals surface area (Å²) < 4.78 is 0. The Kier molecular flexibility index (Phi) is 5.33. The van der Waals surface area contributed by atoms with Gasteiger partial charge in [-0.2, -0.15) is 0 Å². The van der Waals surface area contributed by atoms with E-state index in [1.165, 1.54) is 51.4 Å². The number of nitrogens with zero attached hydrogens (tertiary/aromatic N) is 1. The first-order valence-electron chi connectivity index (χ1n) is 7.16. The third-order valence-electron chi connectivity index (χ3n) is 4.35. The number of carbonyl (C=O) groups is 1. The Bertz CT molecular complexity index is 247. The van der Waals surface area contributed by atoms with Gasteiger partial charge in [0.05, 0.1) is 0 Å². The van der Waals surface area contributed by atoms with Crippen LogP contribution in [0.4, 0.5) is 0 Å². The van der Waals surface area contributed by atoms with Crippen LogP contribution in [0.5, 0.6) is 0 Å². The lowest BCUT2D eigenvalue weighted by Crippen LogP contribution is -2.45. The molecule has 2 nitrogen and oxygen atoms in total. The molecule has 0 unspecified atom stereocenters. The second-order valence-corrected chi connectivity index (χ2v) is 6.36. The molecule has 0 aliphatic heterocycles. The van der Waals surface area contributed by atoms with Crippen molar-refractivity contribution >= 4 is 21.8 Å². The molecule has 0 heterocycles. The maximum Gasteiger partial charge on any atom is 0.223 e. The Labute approximate surface area is 113 Å². The van der Waals surface area contributed by atoms with Crippen molar-refractivity contribution in [2.45, 2.75) is 63.8 Å². The second-order valence-electron chi connectivity index (χ2n) is 5.57. The summed E-state index contributed by atoms with van der Waals surface area (Å²) in [6.45, 7) is 0.899. The van der Waals surface area contributed by atoms with Crippen molar-refractivity contribution in [1.82, 2.24) is 4.90 Å². The Morgan fingerprint density at radius 3 is 2.29 bits per heavy atom. The van der Waals surface area contributed by atoms with E-state index in [2.05, 4.69) is 20.8 Å². The van der Waals surface area contributed by atoms with E-state index in [0.29, 0.717) is 17.9 Å². The Morgan fingerprint density at radius 1 is 1.06 bits per heavy atom. The van der Waals surface area contributed by atoms with Crippen LogP contribution in [0.2, 0.25) is 0 Å². The first-order valence-corrected chi connectivity index (χ1v) is 8.29. The van der Waals surface area contributed by atoms with Crippen molar-refractivity contribution in [3.8, 4) is 0 Å². The van der Waals surface area contributed by atoms with Crippen molar-refractivity contribution in [3.63, 3.8) is 0 Å². The van der Waals surface area contributed by atoms with E-state index in [1.807, 2.05) is 0 Å². The summed E-state index contributed by atoms with van der Waals surface area (Å²) in [6.07, 6.45) is 11.2. The van der Waals surface area contributed by atoms with Gasteiger partial charge in [0.1, 0.15) is 0 Å². The lowest BCUT2D eigenvalue weighted by atomic mass is 9.85. The van der Waals surface area contributed by atoms with E-state index in [1.54, 1.807) is 0 Å². The van der Waals surface area contributed by atoms with Crippen LogP contribution in [0.15, 0.2) is 0 Å². The first kappa shape index (κ1) is 13.4. The Morgan fingerprint density at radius 2 is 1.76 bits per heavy atom. The molecule has 3 heteroatoms. The van der Waals surface area contributed by atoms with Gasteiger partial charge in [-0.1, -0.05) is 35.2 Å². The van der Waals surface area contributed by atoms with E-state index in [0.717, 1.165) is 18.3 Å². The van der Waals surface area contributed by atoms with Gasteiger partial charge >= 0.3 is 0 Å². The zero-order valence-electron chi connectivity index (χ0n) is 10.7. The number of hydrogen-bond donors (Lipinski definition) is 0. The van der Waals surface area contributed by atoms with Gasteiger partial charge < -0.3 is 4.90 Å². The molecule has 17 heavy (non-hydrogen) atoms. The Balaban J connectivity index is 1.81. The maximum absolute atomic E-state index is 12.3. The number of hydrogen-bond acceptors (Lipinski definition) is 1. The van der Waals surface area contributed by atoms with Gasteiger partial charge in [-0.05, 0) is 38.0 Å². The average Bonchev–Trinajstić information content (AvgIpc) is 2.27. The molecule has 0 saturated heterocycles. The van der Waals surface area contributed by atoms with E-state index in [4.69, 9.17) is 0 Å². The third-order valence-corrected chi connectivity index (χ3v) is 4.70. The van der Waals surface area contributed by atoms with Gasteiger partial charge in [0.15, 0.2) is 0 Å². The van der Waals surface area contributed by atoms with Crippen LogP contribution < -0.4 is 0 Å². The summed E-state index contributed by atoms with van der Waals surface area (Å²) in [5.41, 5.74) is 0. The zero-order chi connectivity index (χ0) is 12.1. The van der Waals surface area contributed by atoms with Gasteiger partial charge in [0.2, 0.25) is 5.91 Å². The van der Waals surface area contributed by atoms with Crippen molar-refractivity contribution < 1.29 is 4.79 Å². The molecule has 0 aromatic carbocycles. The third kappa shape index (κ3) is 3.70. The topological polar surface area (TPSA) is 20.3 Å². The van der Waals surface area contributed by atoms with Crippen LogP contribution in [-0.4, -0.2) is 28.7 Å². The summed E-state index contributed by atoms with van der Waals surface area (Å²) in [7, 11) is 0. The van der Waals surface area contributed by atoms with Gasteiger partial charge in [-0.25, -0.2) is 0 Å². The van der Waals surface area contributed by atoms with Crippen LogP contribution in [0.1, 0.15) is 57.8 Å². The molecular weight excluding hydrogens is 278 g/mol. The van der Waals surface area contributed by atoms with E-state index in [9.17, 15) is 4.79 Å². The van der Waals surface area contributed by atoms with E-state index in [-0.39, 0.29) is 0 Å². The second kappa shape index (κ2) is 6.77. The molecule has 0 aromatic heterocycles. The maximum atomic E-state index is 12.3. The minimum absolute atomic E-state index is 0.418. The standard InChI is InChI=1S/C14H24BrNO/c15-9-10-16(13-7-4-8-13)14(17)11-12-5-2-1-3-6-12/h12-13H,1-11H2. The van der Waals surface area contributed by atoms with Gasteiger partial charge in [-0.15, -0.1) is 0 Å². The fourth-order valence-corrected chi connectivity index (χ4v) is 3.44. The molecular formula is C14H24BrNO. The molecule has 1 amide bonds. The van der Waals surface area contributed by atoms with Crippen LogP contribution in [-0.2, 0) is 4.79 Å². The summed E-state index contributed by atoms with van der Waals surface area (Å²) >= 11 is 3.47. The minimum Gasteiger partial charge on any atom is -0.339 e. The average molecular weight is 302 g/mol. The fraction of sp³-hybridized carbons (Fsp3) is 0.929. The largest absolute Gasteiger partial charge is 0.339 e. The van der Waals surface area contributed by atoms with Crippen LogP contribution in [0.25, 0.3) is 0 Å². The summed E-state index contributed by atoms with van der Waals surface area (Å²) in [5.74, 6) is 1.09. The molecule has 2 aliphatic rings. The smallest absolute Gasteiger partial charge is 0.223 e. The fourth-order valence-electron chi connectivity index (χ4n) is 3.06. The molecule has 0 aromatic rings. The monoisotopic (exact) mass is 301 g/mol. The minimum atomic E-state index is 0.418. The number of alkyl halides is 1. The highest BCUT2D eigenvalue weighted by atomic mass is 79.9. The van der Waals surface area contributed by atoms with E-state index < -0.39 is 0 Å². The molecule has 98 valence electrons. The molecule has 2 aliphatic carbocycles. The lowest BCUT2D eigenvalue weighted by Gasteiger charge is -2.38. The van der Waals surface area contributed by atoms with Crippen LogP contribution in [0, 0.1) is 5.92 Å². The van der Waals surface area contributed by atoms with Crippen LogP contribution in [0.3, 0.4) is 0 Å². The summed E-state index contributed by atoms with van der Waals surface area (Å²) in [5, 5.41) is 0.917. The molecule has 2 saturated carbocycles.